The lowest BCUT2D eigenvalue weighted by atomic mass is 9.46. The topological polar surface area (TPSA) is 152 Å². The van der Waals surface area contributed by atoms with Gasteiger partial charge in [-0.25, -0.2) is 4.79 Å². The van der Waals surface area contributed by atoms with Crippen LogP contribution in [0.5, 0.6) is 0 Å². The maximum Gasteiger partial charge on any atom is 0.338 e. The molecule has 11 atom stereocenters. The molecule has 0 heterocycles. The number of hydrogen-bond acceptors (Lipinski definition) is 11. The van der Waals surface area contributed by atoms with Gasteiger partial charge in [0.2, 0.25) is 0 Å². The zero-order valence-corrected chi connectivity index (χ0v) is 28.8. The zero-order valence-electron chi connectivity index (χ0n) is 28.8. The number of ether oxygens (including phenoxy) is 5. The highest BCUT2D eigenvalue weighted by atomic mass is 16.6. The van der Waals surface area contributed by atoms with Crippen LogP contribution < -0.4 is 0 Å². The van der Waals surface area contributed by atoms with Crippen molar-refractivity contribution in [2.45, 2.75) is 124 Å². The highest BCUT2D eigenvalue weighted by Crippen LogP contribution is 2.76. The smallest absolute Gasteiger partial charge is 0.338 e. The molecule has 5 rings (SSSR count). The monoisotopic (exact) mass is 656 g/mol. The van der Waals surface area contributed by atoms with Crippen LogP contribution in [-0.2, 0) is 42.9 Å². The molecule has 4 fully saturated rings. The van der Waals surface area contributed by atoms with E-state index < -0.39 is 99.5 Å². The van der Waals surface area contributed by atoms with Crippen molar-refractivity contribution in [3.63, 3.8) is 0 Å². The van der Waals surface area contributed by atoms with Crippen LogP contribution in [0.15, 0.2) is 30.3 Å². The SMILES string of the molecule is CC(=O)O[C@H]1CC(C)(C)C[C@H]2[C@@]1(OC(C)=O)C[C@]1(C)[C@@H](OC(C)=O)[C@@H]3[C@H](OC(=O)c4ccccc4)[C@H](C)C[C@@]3(O)[C@@H](OC(C)=O)[C@]21C. The van der Waals surface area contributed by atoms with E-state index in [9.17, 15) is 29.1 Å². The fourth-order valence-corrected chi connectivity index (χ4v) is 10.3. The van der Waals surface area contributed by atoms with Gasteiger partial charge >= 0.3 is 29.8 Å². The van der Waals surface area contributed by atoms with Crippen LogP contribution >= 0.6 is 0 Å². The molecule has 1 N–H and O–H groups in total. The number of esters is 5. The molecule has 1 aromatic carbocycles. The van der Waals surface area contributed by atoms with Crippen molar-refractivity contribution >= 4 is 29.8 Å². The Morgan fingerprint density at radius 3 is 1.91 bits per heavy atom. The van der Waals surface area contributed by atoms with Crippen LogP contribution in [-0.4, -0.2) is 70.6 Å². The van der Waals surface area contributed by atoms with Crippen LogP contribution in [0.2, 0.25) is 0 Å². The Labute approximate surface area is 276 Å². The van der Waals surface area contributed by atoms with Gasteiger partial charge in [-0.2, -0.15) is 0 Å². The average molecular weight is 657 g/mol. The first-order valence-electron chi connectivity index (χ1n) is 16.4. The molecule has 0 saturated heterocycles. The molecule has 0 unspecified atom stereocenters. The van der Waals surface area contributed by atoms with E-state index >= 15 is 0 Å². The predicted octanol–water partition coefficient (Wildman–Crippen LogP) is 4.56. The van der Waals surface area contributed by atoms with E-state index in [1.54, 1.807) is 30.3 Å². The van der Waals surface area contributed by atoms with Crippen LogP contribution in [0, 0.1) is 34.0 Å². The van der Waals surface area contributed by atoms with Crippen LogP contribution in [0.3, 0.4) is 0 Å². The summed E-state index contributed by atoms with van der Waals surface area (Å²) in [7, 11) is 0. The first kappa shape index (κ1) is 34.9. The summed E-state index contributed by atoms with van der Waals surface area (Å²) in [5, 5.41) is 13.0. The van der Waals surface area contributed by atoms with E-state index in [0.717, 1.165) is 0 Å². The summed E-state index contributed by atoms with van der Waals surface area (Å²) in [5.41, 5.74) is -5.72. The zero-order chi connectivity index (χ0) is 34.9. The van der Waals surface area contributed by atoms with Gasteiger partial charge in [0, 0.05) is 50.9 Å². The molecule has 11 nitrogen and oxygen atoms in total. The number of aliphatic hydroxyl groups is 1. The molecule has 11 heteroatoms. The Bertz CT molecular complexity index is 1460. The standard InChI is InChI=1S/C36H48O11/c1-19-15-35(42)27(28(19)46-30(41)24-13-11-10-12-14-24)29(44-21(3)38)33(8)18-36(47-23(5)40)25(34(33,9)31(35)45-22(4)39)16-32(6,7)17-26(36)43-20(2)37/h10-14,19,25-29,31,42H,15-18H2,1-9H3/t19-,25-,26+,27+,28-,29+,31+,33-,34+,35+,36+/m1/s1. The summed E-state index contributed by atoms with van der Waals surface area (Å²) in [6.45, 7) is 14.8. The molecule has 0 amide bonds. The summed E-state index contributed by atoms with van der Waals surface area (Å²) in [6, 6.07) is 8.46. The largest absolute Gasteiger partial charge is 0.461 e. The van der Waals surface area contributed by atoms with Gasteiger partial charge in [-0.3, -0.25) is 19.2 Å². The summed E-state index contributed by atoms with van der Waals surface area (Å²) < 4.78 is 30.8. The van der Waals surface area contributed by atoms with Crippen molar-refractivity contribution < 1.29 is 52.8 Å². The first-order chi connectivity index (χ1) is 21.7. The third-order valence-electron chi connectivity index (χ3n) is 11.8. The van der Waals surface area contributed by atoms with Gasteiger partial charge in [-0.05, 0) is 42.7 Å². The molecule has 258 valence electrons. The van der Waals surface area contributed by atoms with Crippen molar-refractivity contribution in [1.29, 1.82) is 0 Å². The highest BCUT2D eigenvalue weighted by molar-refractivity contribution is 5.89. The Kier molecular flexibility index (Phi) is 8.60. The minimum Gasteiger partial charge on any atom is -0.461 e. The lowest BCUT2D eigenvalue weighted by Crippen LogP contribution is -2.73. The lowest BCUT2D eigenvalue weighted by molar-refractivity contribution is -0.288. The summed E-state index contributed by atoms with van der Waals surface area (Å²) in [4.78, 5) is 64.9. The highest BCUT2D eigenvalue weighted by Gasteiger charge is 2.85. The number of fused-ring (bicyclic) bond motifs is 4. The van der Waals surface area contributed by atoms with Gasteiger partial charge in [0.05, 0.1) is 11.5 Å². The molecule has 4 aliphatic carbocycles. The Morgan fingerprint density at radius 2 is 1.36 bits per heavy atom. The minimum atomic E-state index is -1.83. The molecule has 4 saturated carbocycles. The number of benzene rings is 1. The molecule has 0 aromatic heterocycles. The van der Waals surface area contributed by atoms with Gasteiger partial charge in [-0.15, -0.1) is 0 Å². The quantitative estimate of drug-likeness (QED) is 0.339. The number of carbonyl (C=O) groups excluding carboxylic acids is 5. The van der Waals surface area contributed by atoms with Crippen molar-refractivity contribution in [3.05, 3.63) is 35.9 Å². The molecule has 0 aliphatic heterocycles. The summed E-state index contributed by atoms with van der Waals surface area (Å²) in [6.07, 6.45) is -3.15. The first-order valence-corrected chi connectivity index (χ1v) is 16.4. The van der Waals surface area contributed by atoms with E-state index in [2.05, 4.69) is 0 Å². The van der Waals surface area contributed by atoms with Crippen molar-refractivity contribution in [2.75, 3.05) is 0 Å². The summed E-state index contributed by atoms with van der Waals surface area (Å²) in [5.74, 6) is -5.06. The lowest BCUT2D eigenvalue weighted by Gasteiger charge is -2.63. The number of rotatable bonds is 6. The van der Waals surface area contributed by atoms with Crippen LogP contribution in [0.25, 0.3) is 0 Å². The average Bonchev–Trinajstić information content (AvgIpc) is 3.30. The molecular formula is C36H48O11. The molecule has 0 radical (unpaired) electrons. The van der Waals surface area contributed by atoms with E-state index in [1.165, 1.54) is 27.7 Å². The van der Waals surface area contributed by atoms with Gasteiger partial charge in [-0.1, -0.05) is 52.8 Å². The van der Waals surface area contributed by atoms with Crippen molar-refractivity contribution in [3.8, 4) is 0 Å². The Balaban J connectivity index is 1.76. The fourth-order valence-electron chi connectivity index (χ4n) is 10.3. The van der Waals surface area contributed by atoms with Gasteiger partial charge < -0.3 is 28.8 Å². The molecule has 47 heavy (non-hydrogen) atoms. The number of carbonyl (C=O) groups is 5. The molecule has 0 spiro atoms. The molecule has 1 aromatic rings. The van der Waals surface area contributed by atoms with Gasteiger partial charge in [0.25, 0.3) is 0 Å². The molecular weight excluding hydrogens is 608 g/mol. The van der Waals surface area contributed by atoms with E-state index in [-0.39, 0.29) is 12.8 Å². The minimum absolute atomic E-state index is 0.0603. The van der Waals surface area contributed by atoms with Crippen molar-refractivity contribution in [2.24, 2.45) is 34.0 Å². The van der Waals surface area contributed by atoms with Gasteiger partial charge in [0.15, 0.2) is 5.60 Å². The van der Waals surface area contributed by atoms with Crippen LogP contribution in [0.4, 0.5) is 0 Å². The Morgan fingerprint density at radius 1 is 0.766 bits per heavy atom. The normalized spacial score (nSPS) is 41.4. The second-order valence-electron chi connectivity index (χ2n) is 15.6. The van der Waals surface area contributed by atoms with E-state index in [0.29, 0.717) is 18.4 Å². The predicted molar refractivity (Wildman–Crippen MR) is 166 cm³/mol. The van der Waals surface area contributed by atoms with Crippen LogP contribution in [0.1, 0.15) is 98.4 Å². The summed E-state index contributed by atoms with van der Waals surface area (Å²) >= 11 is 0. The second-order valence-corrected chi connectivity index (χ2v) is 15.6. The fraction of sp³-hybridized carbons (Fsp3) is 0.694. The third kappa shape index (κ3) is 5.42. The second kappa shape index (κ2) is 11.6. The molecule has 4 aliphatic rings. The van der Waals surface area contributed by atoms with E-state index in [4.69, 9.17) is 23.7 Å². The third-order valence-corrected chi connectivity index (χ3v) is 11.8. The number of hydrogen-bond donors (Lipinski definition) is 1. The molecule has 0 bridgehead atoms. The van der Waals surface area contributed by atoms with E-state index in [1.807, 2.05) is 34.6 Å². The maximum atomic E-state index is 13.5. The van der Waals surface area contributed by atoms with Crippen molar-refractivity contribution in [1.82, 2.24) is 0 Å². The Hall–Kier alpha value is -3.47. The van der Waals surface area contributed by atoms with Gasteiger partial charge in [0.1, 0.15) is 30.0 Å². The maximum absolute atomic E-state index is 13.5.